The lowest BCUT2D eigenvalue weighted by Crippen LogP contribution is -2.45. The van der Waals surface area contributed by atoms with Crippen molar-refractivity contribution in [3.8, 4) is 0 Å². The number of nitrogens with one attached hydrogen (secondary N) is 2. The molecule has 3 rings (SSSR count). The van der Waals surface area contributed by atoms with Crippen LogP contribution in [0.25, 0.3) is 0 Å². The molecule has 2 unspecified atom stereocenters. The van der Waals surface area contributed by atoms with E-state index < -0.39 is 0 Å². The first-order chi connectivity index (χ1) is 8.72. The van der Waals surface area contributed by atoms with Crippen LogP contribution in [0.3, 0.4) is 0 Å². The zero-order valence-corrected chi connectivity index (χ0v) is 10.2. The monoisotopic (exact) mass is 246 g/mol. The first kappa shape index (κ1) is 11.7. The summed E-state index contributed by atoms with van der Waals surface area (Å²) in [5.74, 6) is 0.0179. The molecule has 1 aliphatic heterocycles. The van der Waals surface area contributed by atoms with Crippen LogP contribution in [-0.4, -0.2) is 35.7 Å². The summed E-state index contributed by atoms with van der Waals surface area (Å²) in [6.45, 7) is 0.517. The Kier molecular flexibility index (Phi) is 3.06. The molecule has 1 fully saturated rings. The van der Waals surface area contributed by atoms with E-state index in [-0.39, 0.29) is 24.1 Å². The van der Waals surface area contributed by atoms with Crippen LogP contribution in [0.5, 0.6) is 0 Å². The molecule has 1 aromatic rings. The Morgan fingerprint density at radius 1 is 1.28 bits per heavy atom. The Balaban J connectivity index is 1.58. The van der Waals surface area contributed by atoms with Crippen LogP contribution in [-0.2, 0) is 17.6 Å². The topological polar surface area (TPSA) is 61.4 Å². The normalized spacial score (nSPS) is 27.2. The van der Waals surface area contributed by atoms with Gasteiger partial charge in [0.25, 0.3) is 0 Å². The molecule has 1 saturated heterocycles. The summed E-state index contributed by atoms with van der Waals surface area (Å²) in [4.78, 5) is 12.0. The fourth-order valence-electron chi connectivity index (χ4n) is 2.88. The van der Waals surface area contributed by atoms with Crippen LogP contribution in [0.2, 0.25) is 0 Å². The first-order valence-corrected chi connectivity index (χ1v) is 6.51. The molecule has 1 amide bonds. The Bertz CT molecular complexity index is 436. The highest BCUT2D eigenvalue weighted by molar-refractivity contribution is 5.82. The van der Waals surface area contributed by atoms with Gasteiger partial charge in [0.05, 0.1) is 12.1 Å². The van der Waals surface area contributed by atoms with Gasteiger partial charge in [0.15, 0.2) is 0 Å². The van der Waals surface area contributed by atoms with Crippen LogP contribution >= 0.6 is 0 Å². The van der Waals surface area contributed by atoms with Crippen molar-refractivity contribution in [1.82, 2.24) is 10.6 Å². The first-order valence-electron chi connectivity index (χ1n) is 6.51. The Morgan fingerprint density at radius 2 is 1.94 bits per heavy atom. The van der Waals surface area contributed by atoms with Gasteiger partial charge in [-0.3, -0.25) is 4.79 Å². The van der Waals surface area contributed by atoms with Crippen LogP contribution in [0.15, 0.2) is 24.3 Å². The molecule has 2 atom stereocenters. The van der Waals surface area contributed by atoms with Crippen molar-refractivity contribution in [3.63, 3.8) is 0 Å². The fourth-order valence-corrected chi connectivity index (χ4v) is 2.88. The van der Waals surface area contributed by atoms with Gasteiger partial charge >= 0.3 is 0 Å². The third-order valence-corrected chi connectivity index (χ3v) is 3.82. The van der Waals surface area contributed by atoms with Crippen molar-refractivity contribution in [2.45, 2.75) is 37.5 Å². The summed E-state index contributed by atoms with van der Waals surface area (Å²) in [6.07, 6.45) is 1.96. The highest BCUT2D eigenvalue weighted by Crippen LogP contribution is 2.21. The van der Waals surface area contributed by atoms with E-state index in [1.54, 1.807) is 0 Å². The van der Waals surface area contributed by atoms with Crippen LogP contribution < -0.4 is 10.6 Å². The summed E-state index contributed by atoms with van der Waals surface area (Å²) < 4.78 is 0. The number of fused-ring (bicyclic) bond motifs is 1. The number of carbonyl (C=O) groups excluding carboxylic acids is 1. The van der Waals surface area contributed by atoms with Crippen molar-refractivity contribution < 1.29 is 9.90 Å². The van der Waals surface area contributed by atoms with Gasteiger partial charge in [0.1, 0.15) is 0 Å². The second-order valence-electron chi connectivity index (χ2n) is 5.23. The SMILES string of the molecule is O=C(NC1Cc2ccccc2C1)C1CC(O)CN1. The number of carbonyl (C=O) groups is 1. The van der Waals surface area contributed by atoms with Gasteiger partial charge in [0.2, 0.25) is 5.91 Å². The molecule has 0 radical (unpaired) electrons. The van der Waals surface area contributed by atoms with Gasteiger partial charge in [-0.25, -0.2) is 0 Å². The van der Waals surface area contributed by atoms with E-state index in [1.807, 2.05) is 12.1 Å². The number of benzene rings is 1. The van der Waals surface area contributed by atoms with E-state index in [0.29, 0.717) is 13.0 Å². The van der Waals surface area contributed by atoms with Crippen molar-refractivity contribution in [1.29, 1.82) is 0 Å². The maximum absolute atomic E-state index is 12.0. The zero-order chi connectivity index (χ0) is 12.5. The molecule has 1 aliphatic carbocycles. The number of amides is 1. The predicted molar refractivity (Wildman–Crippen MR) is 68.2 cm³/mol. The van der Waals surface area contributed by atoms with Crippen molar-refractivity contribution in [2.24, 2.45) is 0 Å². The fraction of sp³-hybridized carbons (Fsp3) is 0.500. The quantitative estimate of drug-likeness (QED) is 0.688. The molecule has 3 N–H and O–H groups in total. The molecule has 0 aromatic heterocycles. The Hall–Kier alpha value is -1.39. The minimum absolute atomic E-state index is 0.0179. The highest BCUT2D eigenvalue weighted by Gasteiger charge is 2.30. The molecule has 0 spiro atoms. The van der Waals surface area contributed by atoms with Crippen molar-refractivity contribution in [2.75, 3.05) is 6.54 Å². The van der Waals surface area contributed by atoms with Crippen molar-refractivity contribution >= 4 is 5.91 Å². The van der Waals surface area contributed by atoms with E-state index in [9.17, 15) is 9.90 Å². The maximum atomic E-state index is 12.0. The number of hydrogen-bond donors (Lipinski definition) is 3. The summed E-state index contributed by atoms with van der Waals surface area (Å²) in [5.41, 5.74) is 2.67. The highest BCUT2D eigenvalue weighted by atomic mass is 16.3. The molecule has 1 heterocycles. The molecule has 0 saturated carbocycles. The molecule has 1 aromatic carbocycles. The van der Waals surface area contributed by atoms with E-state index in [0.717, 1.165) is 12.8 Å². The molecule has 4 nitrogen and oxygen atoms in total. The lowest BCUT2D eigenvalue weighted by molar-refractivity contribution is -0.123. The molecule has 0 bridgehead atoms. The molecule has 18 heavy (non-hydrogen) atoms. The number of rotatable bonds is 2. The zero-order valence-electron chi connectivity index (χ0n) is 10.2. The largest absolute Gasteiger partial charge is 0.392 e. The van der Waals surface area contributed by atoms with Gasteiger partial charge in [0, 0.05) is 12.6 Å². The van der Waals surface area contributed by atoms with E-state index in [2.05, 4.69) is 22.8 Å². The molecular weight excluding hydrogens is 228 g/mol. The summed E-state index contributed by atoms with van der Waals surface area (Å²) in [5, 5.41) is 15.5. The van der Waals surface area contributed by atoms with E-state index >= 15 is 0 Å². The van der Waals surface area contributed by atoms with Crippen LogP contribution in [0, 0.1) is 0 Å². The lowest BCUT2D eigenvalue weighted by Gasteiger charge is -2.16. The molecule has 96 valence electrons. The average Bonchev–Trinajstić information content (AvgIpc) is 2.94. The lowest BCUT2D eigenvalue weighted by atomic mass is 10.1. The van der Waals surface area contributed by atoms with Gasteiger partial charge in [-0.15, -0.1) is 0 Å². The second-order valence-corrected chi connectivity index (χ2v) is 5.23. The summed E-state index contributed by atoms with van der Waals surface area (Å²) in [6, 6.07) is 8.30. The molecule has 2 aliphatic rings. The predicted octanol–water partition coefficient (Wildman–Crippen LogP) is -0.00720. The van der Waals surface area contributed by atoms with E-state index in [1.165, 1.54) is 11.1 Å². The molecule has 4 heteroatoms. The Morgan fingerprint density at radius 3 is 2.50 bits per heavy atom. The standard InChI is InChI=1S/C14H18N2O2/c17-12-7-13(15-8-12)14(18)16-11-5-9-3-1-2-4-10(9)6-11/h1-4,11-13,15,17H,5-8H2,(H,16,18). The smallest absolute Gasteiger partial charge is 0.237 e. The minimum Gasteiger partial charge on any atom is -0.392 e. The maximum Gasteiger partial charge on any atom is 0.237 e. The van der Waals surface area contributed by atoms with Gasteiger partial charge < -0.3 is 15.7 Å². The second kappa shape index (κ2) is 4.71. The molecular formula is C14H18N2O2. The minimum atomic E-state index is -0.387. The van der Waals surface area contributed by atoms with Gasteiger partial charge in [-0.05, 0) is 30.4 Å². The average molecular weight is 246 g/mol. The van der Waals surface area contributed by atoms with Gasteiger partial charge in [-0.2, -0.15) is 0 Å². The third-order valence-electron chi connectivity index (χ3n) is 3.82. The number of hydrogen-bond acceptors (Lipinski definition) is 3. The number of β-amino-alcohol motifs (C(OH)–C–C–N with tert-alkyl or cyclic N) is 1. The Labute approximate surface area is 106 Å². The van der Waals surface area contributed by atoms with Gasteiger partial charge in [-0.1, -0.05) is 24.3 Å². The summed E-state index contributed by atoms with van der Waals surface area (Å²) >= 11 is 0. The summed E-state index contributed by atoms with van der Waals surface area (Å²) in [7, 11) is 0. The van der Waals surface area contributed by atoms with Crippen LogP contribution in [0.1, 0.15) is 17.5 Å². The van der Waals surface area contributed by atoms with Crippen molar-refractivity contribution in [3.05, 3.63) is 35.4 Å². The third kappa shape index (κ3) is 2.26. The van der Waals surface area contributed by atoms with E-state index in [4.69, 9.17) is 0 Å². The number of aliphatic hydroxyl groups is 1. The van der Waals surface area contributed by atoms with Crippen LogP contribution in [0.4, 0.5) is 0 Å². The number of aliphatic hydroxyl groups excluding tert-OH is 1.